The Labute approximate surface area is 156 Å². The third-order valence-corrected chi connectivity index (χ3v) is 4.93. The fourth-order valence-corrected chi connectivity index (χ4v) is 3.44. The molecule has 0 fully saturated rings. The summed E-state index contributed by atoms with van der Waals surface area (Å²) in [6.07, 6.45) is 13.7. The van der Waals surface area contributed by atoms with Crippen molar-refractivity contribution in [2.24, 2.45) is 4.99 Å². The molecule has 0 aliphatic carbocycles. The first-order valence-corrected chi connectivity index (χ1v) is 9.73. The third kappa shape index (κ3) is 5.29. The molecule has 6 nitrogen and oxygen atoms in total. The summed E-state index contributed by atoms with van der Waals surface area (Å²) < 4.78 is 0. The van der Waals surface area contributed by atoms with Gasteiger partial charge in [0, 0.05) is 18.8 Å². The number of nitrogens with zero attached hydrogens (tertiary/aromatic N) is 3. The number of hydrogen-bond acceptors (Lipinski definition) is 5. The van der Waals surface area contributed by atoms with Gasteiger partial charge in [-0.1, -0.05) is 33.6 Å². The molecule has 0 aromatic rings. The molecule has 0 spiro atoms. The topological polar surface area (TPSA) is 68.2 Å². The lowest BCUT2D eigenvalue weighted by Gasteiger charge is -2.33. The lowest BCUT2D eigenvalue weighted by molar-refractivity contribution is -0.124. The maximum Gasteiger partial charge on any atom is 0.267 e. The second-order valence-electron chi connectivity index (χ2n) is 6.83. The van der Waals surface area contributed by atoms with Gasteiger partial charge in [-0.15, -0.1) is 0 Å². The molecule has 0 saturated heterocycles. The number of allylic oxidation sites excluding steroid dienone is 3. The SMILES string of the molecule is CCCCN(CC)CC1C(CCC)N=C2C=C(/C=C/C(=O)NO)C=CN21. The minimum absolute atomic E-state index is 0.302. The zero-order valence-electron chi connectivity index (χ0n) is 16.2. The Kier molecular flexibility index (Phi) is 8.06. The van der Waals surface area contributed by atoms with E-state index in [0.29, 0.717) is 12.1 Å². The van der Waals surface area contributed by atoms with Gasteiger partial charge < -0.3 is 9.80 Å². The fraction of sp³-hybridized carbons (Fsp3) is 0.600. The van der Waals surface area contributed by atoms with Crippen LogP contribution in [0.15, 0.2) is 41.1 Å². The molecule has 2 unspecified atom stereocenters. The van der Waals surface area contributed by atoms with Gasteiger partial charge in [-0.05, 0) is 49.7 Å². The van der Waals surface area contributed by atoms with E-state index in [4.69, 9.17) is 10.2 Å². The van der Waals surface area contributed by atoms with E-state index in [2.05, 4.69) is 36.8 Å². The summed E-state index contributed by atoms with van der Waals surface area (Å²) in [6.45, 7) is 9.87. The molecule has 0 radical (unpaired) electrons. The Morgan fingerprint density at radius 1 is 1.38 bits per heavy atom. The molecule has 2 aliphatic heterocycles. The van der Waals surface area contributed by atoms with Gasteiger partial charge in [-0.2, -0.15) is 0 Å². The highest BCUT2D eigenvalue weighted by Gasteiger charge is 2.35. The van der Waals surface area contributed by atoms with Gasteiger partial charge >= 0.3 is 0 Å². The Balaban J connectivity index is 2.11. The zero-order valence-corrected chi connectivity index (χ0v) is 16.2. The zero-order chi connectivity index (χ0) is 18.9. The van der Waals surface area contributed by atoms with Crippen LogP contribution < -0.4 is 5.48 Å². The van der Waals surface area contributed by atoms with Crippen molar-refractivity contribution in [1.29, 1.82) is 0 Å². The molecule has 0 bridgehead atoms. The monoisotopic (exact) mass is 360 g/mol. The molecule has 1 amide bonds. The summed E-state index contributed by atoms with van der Waals surface area (Å²) in [5.74, 6) is 0.429. The lowest BCUT2D eigenvalue weighted by atomic mass is 10.0. The summed E-state index contributed by atoms with van der Waals surface area (Å²) in [6, 6.07) is 0.663. The van der Waals surface area contributed by atoms with E-state index in [-0.39, 0.29) is 0 Å². The van der Waals surface area contributed by atoms with Gasteiger partial charge in [-0.25, -0.2) is 5.48 Å². The van der Waals surface area contributed by atoms with Crippen LogP contribution in [0.4, 0.5) is 0 Å². The number of aliphatic imine (C=N–C) groups is 1. The second-order valence-corrected chi connectivity index (χ2v) is 6.83. The van der Waals surface area contributed by atoms with Crippen molar-refractivity contribution in [3.8, 4) is 0 Å². The van der Waals surface area contributed by atoms with E-state index in [0.717, 1.165) is 43.9 Å². The number of nitrogens with one attached hydrogen (secondary N) is 1. The highest BCUT2D eigenvalue weighted by atomic mass is 16.5. The standard InChI is InChI=1S/C20H32N4O2/c1-4-7-12-23(6-3)15-18-17(8-5-2)21-19-14-16(11-13-24(18)19)9-10-20(25)22-26/h9-11,13-14,17-18,26H,4-8,12,15H2,1-3H3,(H,22,25)/b10-9+. The van der Waals surface area contributed by atoms with Crippen molar-refractivity contribution in [3.63, 3.8) is 0 Å². The largest absolute Gasteiger partial charge is 0.327 e. The molecule has 2 rings (SSSR count). The number of unbranched alkanes of at least 4 members (excludes halogenated alkanes) is 1. The molecule has 6 heteroatoms. The smallest absolute Gasteiger partial charge is 0.267 e. The number of hydroxylamine groups is 1. The number of hydrogen-bond donors (Lipinski definition) is 2. The summed E-state index contributed by atoms with van der Waals surface area (Å²) in [5, 5.41) is 8.59. The average Bonchev–Trinajstić information content (AvgIpc) is 2.99. The van der Waals surface area contributed by atoms with Gasteiger partial charge in [0.2, 0.25) is 0 Å². The molecular weight excluding hydrogens is 328 g/mol. The van der Waals surface area contributed by atoms with E-state index in [1.54, 1.807) is 11.6 Å². The first-order valence-electron chi connectivity index (χ1n) is 9.73. The van der Waals surface area contributed by atoms with E-state index in [1.165, 1.54) is 18.9 Å². The number of fused-ring (bicyclic) bond motifs is 1. The third-order valence-electron chi connectivity index (χ3n) is 4.93. The minimum Gasteiger partial charge on any atom is -0.327 e. The Bertz CT molecular complexity index is 595. The molecule has 2 N–H and O–H groups in total. The van der Waals surface area contributed by atoms with Crippen LogP contribution in [0.5, 0.6) is 0 Å². The van der Waals surface area contributed by atoms with Gasteiger partial charge in [0.25, 0.3) is 5.91 Å². The maximum absolute atomic E-state index is 11.2. The lowest BCUT2D eigenvalue weighted by Crippen LogP contribution is -2.45. The summed E-state index contributed by atoms with van der Waals surface area (Å²) in [5.41, 5.74) is 2.50. The molecule has 2 atom stereocenters. The van der Waals surface area contributed by atoms with Crippen LogP contribution in [0.3, 0.4) is 0 Å². The van der Waals surface area contributed by atoms with Gasteiger partial charge in [0.1, 0.15) is 5.84 Å². The number of rotatable bonds is 10. The molecule has 0 saturated carbocycles. The van der Waals surface area contributed by atoms with Crippen molar-refractivity contribution in [2.45, 2.75) is 58.5 Å². The minimum atomic E-state index is -0.536. The number of amidine groups is 1. The summed E-state index contributed by atoms with van der Waals surface area (Å²) in [7, 11) is 0. The Morgan fingerprint density at radius 2 is 2.19 bits per heavy atom. The second kappa shape index (κ2) is 10.3. The van der Waals surface area contributed by atoms with Crippen molar-refractivity contribution in [3.05, 3.63) is 36.1 Å². The molecule has 26 heavy (non-hydrogen) atoms. The molecule has 2 heterocycles. The summed E-state index contributed by atoms with van der Waals surface area (Å²) >= 11 is 0. The quantitative estimate of drug-likeness (QED) is 0.357. The number of carbonyl (C=O) groups excluding carboxylic acids is 1. The van der Waals surface area contributed by atoms with Crippen LogP contribution in [0.25, 0.3) is 0 Å². The van der Waals surface area contributed by atoms with E-state index in [9.17, 15) is 4.79 Å². The van der Waals surface area contributed by atoms with Crippen molar-refractivity contribution in [1.82, 2.24) is 15.3 Å². The van der Waals surface area contributed by atoms with Gasteiger partial charge in [0.15, 0.2) is 0 Å². The molecule has 0 aromatic carbocycles. The molecule has 0 aromatic heterocycles. The molecular formula is C20H32N4O2. The Morgan fingerprint density at radius 3 is 2.85 bits per heavy atom. The normalized spacial score (nSPS) is 22.0. The first kappa shape index (κ1) is 20.4. The van der Waals surface area contributed by atoms with Crippen LogP contribution in [-0.2, 0) is 4.79 Å². The van der Waals surface area contributed by atoms with E-state index in [1.807, 2.05) is 12.2 Å². The van der Waals surface area contributed by atoms with E-state index >= 15 is 0 Å². The number of likely N-dealkylation sites (N-methyl/N-ethyl adjacent to an activating group) is 1. The highest BCUT2D eigenvalue weighted by molar-refractivity contribution is 5.98. The summed E-state index contributed by atoms with van der Waals surface area (Å²) in [4.78, 5) is 20.9. The fourth-order valence-electron chi connectivity index (χ4n) is 3.44. The van der Waals surface area contributed by atoms with Gasteiger partial charge in [-0.3, -0.25) is 15.0 Å². The predicted octanol–water partition coefficient (Wildman–Crippen LogP) is 2.88. The van der Waals surface area contributed by atoms with Gasteiger partial charge in [0.05, 0.1) is 12.1 Å². The van der Waals surface area contributed by atoms with Crippen molar-refractivity contribution < 1.29 is 10.0 Å². The van der Waals surface area contributed by atoms with Crippen molar-refractivity contribution in [2.75, 3.05) is 19.6 Å². The molecule has 144 valence electrons. The highest BCUT2D eigenvalue weighted by Crippen LogP contribution is 2.27. The average molecular weight is 361 g/mol. The van der Waals surface area contributed by atoms with Crippen LogP contribution in [0.1, 0.15) is 46.5 Å². The molecule has 2 aliphatic rings. The maximum atomic E-state index is 11.2. The first-order chi connectivity index (χ1) is 12.6. The number of amides is 1. The Hall–Kier alpha value is -1.92. The van der Waals surface area contributed by atoms with Crippen LogP contribution in [-0.4, -0.2) is 58.5 Å². The van der Waals surface area contributed by atoms with Crippen LogP contribution in [0, 0.1) is 0 Å². The van der Waals surface area contributed by atoms with Crippen LogP contribution in [0.2, 0.25) is 0 Å². The number of carbonyl (C=O) groups is 1. The van der Waals surface area contributed by atoms with Crippen molar-refractivity contribution >= 4 is 11.7 Å². The van der Waals surface area contributed by atoms with E-state index < -0.39 is 5.91 Å². The predicted molar refractivity (Wildman–Crippen MR) is 105 cm³/mol. The van der Waals surface area contributed by atoms with Crippen LogP contribution >= 0.6 is 0 Å².